The van der Waals surface area contributed by atoms with Crippen LogP contribution in [0, 0.1) is 21.7 Å². The van der Waals surface area contributed by atoms with Gasteiger partial charge in [0.1, 0.15) is 18.6 Å². The van der Waals surface area contributed by atoms with Gasteiger partial charge >= 0.3 is 5.82 Å². The van der Waals surface area contributed by atoms with Crippen LogP contribution in [-0.2, 0) is 11.2 Å². The number of fused-ring (bicyclic) bond motifs is 1. The second kappa shape index (κ2) is 16.4. The van der Waals surface area contributed by atoms with Gasteiger partial charge in [-0.15, -0.1) is 0 Å². The molecule has 1 unspecified atom stereocenters. The minimum Gasteiger partial charge on any atom is -0.494 e. The van der Waals surface area contributed by atoms with Crippen LogP contribution < -0.4 is 20.3 Å². The number of anilines is 2. The number of para-hydroxylation sites is 1. The zero-order chi connectivity index (χ0) is 40.1. The Labute approximate surface area is 321 Å². The summed E-state index contributed by atoms with van der Waals surface area (Å²) in [4.78, 5) is 47.0. The lowest BCUT2D eigenvalue weighted by molar-refractivity contribution is -0.880. The van der Waals surface area contributed by atoms with E-state index in [0.717, 1.165) is 11.8 Å². The maximum Gasteiger partial charge on any atom is 0.368 e. The number of pyridine rings is 2. The van der Waals surface area contributed by atoms with Crippen LogP contribution in [0.4, 0.5) is 20.3 Å². The maximum atomic E-state index is 15.9. The number of ketones is 1. The van der Waals surface area contributed by atoms with Crippen LogP contribution in [0.2, 0.25) is 0 Å². The Balaban J connectivity index is 1.34. The maximum absolute atomic E-state index is 15.9. The van der Waals surface area contributed by atoms with Gasteiger partial charge < -0.3 is 34.0 Å². The molecule has 0 spiro atoms. The summed E-state index contributed by atoms with van der Waals surface area (Å²) in [6, 6.07) is 20.1. The first kappa shape index (κ1) is 39.2. The molecule has 3 heterocycles. The summed E-state index contributed by atoms with van der Waals surface area (Å²) in [5.41, 5.74) is 1.69. The van der Waals surface area contributed by atoms with Gasteiger partial charge in [-0.1, -0.05) is 47.5 Å². The van der Waals surface area contributed by atoms with Crippen molar-refractivity contribution < 1.29 is 32.5 Å². The number of halogens is 2. The summed E-state index contributed by atoms with van der Waals surface area (Å²) < 4.78 is 43.9. The molecule has 5 aromatic rings. The van der Waals surface area contributed by atoms with Crippen molar-refractivity contribution in [3.63, 3.8) is 0 Å². The summed E-state index contributed by atoms with van der Waals surface area (Å²) in [6.45, 7) is 2.67. The lowest BCUT2D eigenvalue weighted by Crippen LogP contribution is -2.41. The Morgan fingerprint density at radius 1 is 1.04 bits per heavy atom. The van der Waals surface area contributed by atoms with E-state index in [1.807, 2.05) is 62.6 Å². The van der Waals surface area contributed by atoms with Gasteiger partial charge in [0.2, 0.25) is 0 Å². The Morgan fingerprint density at radius 3 is 2.43 bits per heavy atom. The van der Waals surface area contributed by atoms with Crippen LogP contribution in [-0.4, -0.2) is 72.4 Å². The lowest BCUT2D eigenvalue weighted by atomic mass is 9.99. The molecule has 2 aromatic heterocycles. The van der Waals surface area contributed by atoms with Gasteiger partial charge in [0.15, 0.2) is 28.9 Å². The number of rotatable bonds is 15. The molecule has 0 fully saturated rings. The number of nitrogens with one attached hydrogen (secondary N) is 1. The number of hydrogen-bond acceptors (Lipinski definition) is 9. The highest BCUT2D eigenvalue weighted by Gasteiger charge is 2.29. The molecule has 0 aliphatic carbocycles. The summed E-state index contributed by atoms with van der Waals surface area (Å²) in [6.07, 6.45) is 6.82. The molecule has 0 amide bonds. The van der Waals surface area contributed by atoms with E-state index in [4.69, 9.17) is 9.47 Å². The van der Waals surface area contributed by atoms with Gasteiger partial charge in [-0.2, -0.15) is 0 Å². The summed E-state index contributed by atoms with van der Waals surface area (Å²) >= 11 is 0. The molecule has 288 valence electrons. The molecule has 3 aromatic carbocycles. The van der Waals surface area contributed by atoms with E-state index < -0.39 is 33.7 Å². The van der Waals surface area contributed by atoms with Crippen molar-refractivity contribution in [3.8, 4) is 22.6 Å². The molecular weight excluding hydrogens is 722 g/mol. The number of benzene rings is 3. The van der Waals surface area contributed by atoms with Gasteiger partial charge in [0.25, 0.3) is 5.56 Å². The van der Waals surface area contributed by atoms with Gasteiger partial charge in [-0.25, -0.2) is 13.8 Å². The molecule has 56 heavy (non-hydrogen) atoms. The van der Waals surface area contributed by atoms with E-state index in [-0.39, 0.29) is 35.1 Å². The highest BCUT2D eigenvalue weighted by atomic mass is 19.1. The van der Waals surface area contributed by atoms with E-state index in [1.54, 1.807) is 25.1 Å². The van der Waals surface area contributed by atoms with Gasteiger partial charge in [-0.05, 0) is 53.3 Å². The standard InChI is InChI=1S/C42H40F2N6O6/c1-26(28-12-9-11-27(19-28)20-32(51)15-10-18-50(2,3)25-29-16-17-45-41(29)49(53)54)48-34-22-37(47-31-13-7-6-8-14-31)46-24-30(34)21-33(42(48)52)38-39(43)35(55-4)23-36(56-5)40(38)44/h6-15,17,19,21-24,26H,16,18,20,25H2,1-5H3/p+1/b15-10+. The van der Waals surface area contributed by atoms with E-state index in [1.165, 1.54) is 43.3 Å². The minimum atomic E-state index is -1.06. The van der Waals surface area contributed by atoms with E-state index in [0.29, 0.717) is 57.4 Å². The van der Waals surface area contributed by atoms with Crippen LogP contribution in [0.5, 0.6) is 11.5 Å². The summed E-state index contributed by atoms with van der Waals surface area (Å²) in [7, 11) is 6.32. The van der Waals surface area contributed by atoms with E-state index in [2.05, 4.69) is 15.3 Å². The molecule has 1 aliphatic heterocycles. The number of nitro groups is 1. The monoisotopic (exact) mass is 763 g/mol. The number of aliphatic imine (C=N–C) groups is 1. The number of ether oxygens (including phenoxy) is 2. The summed E-state index contributed by atoms with van der Waals surface area (Å²) in [5.74, 6) is -2.54. The molecule has 0 saturated heterocycles. The fourth-order valence-electron chi connectivity index (χ4n) is 6.81. The third-order valence-electron chi connectivity index (χ3n) is 9.57. The molecule has 0 bridgehead atoms. The molecular formula is C42H41F2N6O6+. The first-order chi connectivity index (χ1) is 26.8. The minimum absolute atomic E-state index is 0.0692. The highest BCUT2D eigenvalue weighted by Crippen LogP contribution is 2.38. The topological polar surface area (TPSA) is 138 Å². The van der Waals surface area contributed by atoms with Crippen LogP contribution in [0.1, 0.15) is 30.5 Å². The number of nitrogens with zero attached hydrogens (tertiary/aromatic N) is 5. The van der Waals surface area contributed by atoms with Crippen LogP contribution in [0.15, 0.2) is 112 Å². The van der Waals surface area contributed by atoms with Gasteiger partial charge in [0, 0.05) is 42.2 Å². The molecule has 0 radical (unpaired) electrons. The average Bonchev–Trinajstić information content (AvgIpc) is 3.63. The van der Waals surface area contributed by atoms with Crippen molar-refractivity contribution in [2.45, 2.75) is 25.8 Å². The number of carbonyl (C=O) groups excluding carboxylic acids is 1. The number of carbonyl (C=O) groups is 1. The van der Waals surface area contributed by atoms with E-state index in [9.17, 15) is 19.7 Å². The Kier molecular flexibility index (Phi) is 11.5. The quantitative estimate of drug-likeness (QED) is 0.0504. The fourth-order valence-corrected chi connectivity index (χ4v) is 6.81. The number of likely N-dealkylation sites (N-methyl/N-ethyl adjacent to an activating group) is 1. The highest BCUT2D eigenvalue weighted by molar-refractivity contribution is 5.91. The largest absolute Gasteiger partial charge is 0.494 e. The normalized spacial score (nSPS) is 13.4. The van der Waals surface area contributed by atoms with Crippen LogP contribution >= 0.6 is 0 Å². The second-order valence-electron chi connectivity index (χ2n) is 14.1. The predicted molar refractivity (Wildman–Crippen MR) is 211 cm³/mol. The van der Waals surface area contributed by atoms with Gasteiger partial charge in [-0.3, -0.25) is 9.59 Å². The van der Waals surface area contributed by atoms with Crippen LogP contribution in [0.25, 0.3) is 22.0 Å². The lowest BCUT2D eigenvalue weighted by Gasteiger charge is -2.28. The number of allylic oxidation sites excluding steroid dienone is 1. The Bertz CT molecular complexity index is 2450. The number of methoxy groups -OCH3 is 2. The first-order valence-electron chi connectivity index (χ1n) is 17.8. The molecule has 12 nitrogen and oxygen atoms in total. The average molecular weight is 764 g/mol. The molecule has 6 rings (SSSR count). The van der Waals surface area contributed by atoms with Crippen molar-refractivity contribution in [1.82, 2.24) is 9.55 Å². The Morgan fingerprint density at radius 2 is 1.75 bits per heavy atom. The zero-order valence-corrected chi connectivity index (χ0v) is 31.6. The SMILES string of the molecule is COc1cc(OC)c(F)c(-c2cc3cnc(Nc4ccccc4)cc3n(C(C)c3cccc(CC(=O)/C=C/C[N+](C)(C)CC4=C([N+](=O)[O-])N=CC4)c3)c2=O)c1F. The zero-order valence-electron chi connectivity index (χ0n) is 31.6. The molecule has 1 aliphatic rings. The molecule has 1 N–H and O–H groups in total. The van der Waals surface area contributed by atoms with Crippen molar-refractivity contribution in [2.24, 2.45) is 4.99 Å². The third-order valence-corrected chi connectivity index (χ3v) is 9.57. The van der Waals surface area contributed by atoms with Crippen molar-refractivity contribution in [3.05, 3.63) is 146 Å². The second-order valence-corrected chi connectivity index (χ2v) is 14.1. The molecule has 1 atom stereocenters. The third kappa shape index (κ3) is 8.40. The number of quaternary nitrogens is 1. The number of aromatic nitrogens is 2. The van der Waals surface area contributed by atoms with Crippen LogP contribution in [0.3, 0.4) is 0 Å². The van der Waals surface area contributed by atoms with E-state index >= 15 is 8.78 Å². The summed E-state index contributed by atoms with van der Waals surface area (Å²) in [5, 5.41) is 15.0. The first-order valence-corrected chi connectivity index (χ1v) is 17.8. The van der Waals surface area contributed by atoms with Crippen molar-refractivity contribution >= 4 is 34.4 Å². The number of hydrogen-bond donors (Lipinski definition) is 1. The predicted octanol–water partition coefficient (Wildman–Crippen LogP) is 7.42. The molecule has 0 saturated carbocycles. The fraction of sp³-hybridized carbons (Fsp3) is 0.238. The molecule has 14 heteroatoms. The Hall–Kier alpha value is -6.54. The van der Waals surface area contributed by atoms with Crippen molar-refractivity contribution in [1.29, 1.82) is 0 Å². The van der Waals surface area contributed by atoms with Gasteiger partial charge in [0.05, 0.1) is 63.1 Å². The van der Waals surface area contributed by atoms with Crippen molar-refractivity contribution in [2.75, 3.05) is 46.7 Å². The smallest absolute Gasteiger partial charge is 0.368 e.